The fourth-order valence-electron chi connectivity index (χ4n) is 2.07. The number of nitrogens with one attached hydrogen (secondary N) is 1. The Hall–Kier alpha value is -0.470. The van der Waals surface area contributed by atoms with Crippen LogP contribution in [0.4, 0.5) is 0 Å². The number of nitrogens with zero attached hydrogens (tertiary/aromatic N) is 3. The largest absolute Gasteiger partial charge is 0.308 e. The Bertz CT molecular complexity index is 555. The SMILES string of the molecule is CCCn1nncc1C(NC)c1cc(Br)ccc1I. The highest BCUT2D eigenvalue weighted by Crippen LogP contribution is 2.28. The van der Waals surface area contributed by atoms with Gasteiger partial charge in [0.1, 0.15) is 0 Å². The summed E-state index contributed by atoms with van der Waals surface area (Å²) in [6.45, 7) is 3.03. The molecule has 0 aliphatic rings. The Kier molecular flexibility index (Phi) is 5.35. The van der Waals surface area contributed by atoms with E-state index in [4.69, 9.17) is 0 Å². The second kappa shape index (κ2) is 6.81. The van der Waals surface area contributed by atoms with Gasteiger partial charge in [0.05, 0.1) is 17.9 Å². The van der Waals surface area contributed by atoms with Gasteiger partial charge in [0, 0.05) is 14.6 Å². The van der Waals surface area contributed by atoms with E-state index in [0.717, 1.165) is 23.1 Å². The average molecular weight is 435 g/mol. The summed E-state index contributed by atoms with van der Waals surface area (Å²) < 4.78 is 4.28. The zero-order chi connectivity index (χ0) is 13.8. The fourth-order valence-corrected chi connectivity index (χ4v) is 3.10. The molecule has 0 saturated heterocycles. The van der Waals surface area contributed by atoms with Crippen LogP contribution in [0, 0.1) is 3.57 Å². The quantitative estimate of drug-likeness (QED) is 0.733. The van der Waals surface area contributed by atoms with Gasteiger partial charge in [0.2, 0.25) is 0 Å². The molecule has 102 valence electrons. The van der Waals surface area contributed by atoms with Crippen molar-refractivity contribution < 1.29 is 0 Å². The predicted molar refractivity (Wildman–Crippen MR) is 88.1 cm³/mol. The van der Waals surface area contributed by atoms with Crippen molar-refractivity contribution in [2.24, 2.45) is 0 Å². The number of hydrogen-bond donors (Lipinski definition) is 1. The molecule has 1 aromatic heterocycles. The van der Waals surface area contributed by atoms with Crippen molar-refractivity contribution in [1.82, 2.24) is 20.3 Å². The fraction of sp³-hybridized carbons (Fsp3) is 0.385. The summed E-state index contributed by atoms with van der Waals surface area (Å²) in [6, 6.07) is 6.41. The second-order valence-electron chi connectivity index (χ2n) is 4.27. The van der Waals surface area contributed by atoms with Crippen molar-refractivity contribution in [3.63, 3.8) is 0 Å². The van der Waals surface area contributed by atoms with Gasteiger partial charge >= 0.3 is 0 Å². The molecule has 0 radical (unpaired) electrons. The van der Waals surface area contributed by atoms with E-state index in [2.05, 4.69) is 79.3 Å². The molecule has 4 nitrogen and oxygen atoms in total. The molecule has 0 spiro atoms. The lowest BCUT2D eigenvalue weighted by molar-refractivity contribution is 0.522. The highest BCUT2D eigenvalue weighted by Gasteiger charge is 2.19. The number of aromatic nitrogens is 3. The van der Waals surface area contributed by atoms with Crippen LogP contribution < -0.4 is 5.32 Å². The van der Waals surface area contributed by atoms with Gasteiger partial charge in [-0.25, -0.2) is 4.68 Å². The molecule has 1 atom stereocenters. The molecule has 2 aromatic rings. The van der Waals surface area contributed by atoms with Crippen LogP contribution in [0.3, 0.4) is 0 Å². The Labute approximate surface area is 135 Å². The van der Waals surface area contributed by atoms with E-state index in [1.807, 2.05) is 17.9 Å². The van der Waals surface area contributed by atoms with E-state index in [1.54, 1.807) is 0 Å². The van der Waals surface area contributed by atoms with E-state index < -0.39 is 0 Å². The lowest BCUT2D eigenvalue weighted by Crippen LogP contribution is -2.22. The molecule has 1 N–H and O–H groups in total. The molecule has 0 saturated carbocycles. The minimum atomic E-state index is 0.103. The summed E-state index contributed by atoms with van der Waals surface area (Å²) in [5.74, 6) is 0. The van der Waals surface area contributed by atoms with Crippen LogP contribution in [-0.4, -0.2) is 22.0 Å². The Balaban J connectivity index is 2.44. The first-order valence-corrected chi connectivity index (χ1v) is 8.05. The summed E-state index contributed by atoms with van der Waals surface area (Å²) in [7, 11) is 1.96. The van der Waals surface area contributed by atoms with Crippen molar-refractivity contribution in [3.05, 3.63) is 43.7 Å². The van der Waals surface area contributed by atoms with Crippen molar-refractivity contribution in [2.75, 3.05) is 7.05 Å². The molecule has 0 fully saturated rings. The third-order valence-corrected chi connectivity index (χ3v) is 4.41. The molecule has 0 aliphatic carbocycles. The van der Waals surface area contributed by atoms with Crippen LogP contribution in [-0.2, 0) is 6.54 Å². The number of hydrogen-bond acceptors (Lipinski definition) is 3. The molecule has 6 heteroatoms. The maximum atomic E-state index is 4.16. The lowest BCUT2D eigenvalue weighted by atomic mass is 10.0. The van der Waals surface area contributed by atoms with Crippen LogP contribution in [0.15, 0.2) is 28.9 Å². The van der Waals surface area contributed by atoms with Gasteiger partial charge in [-0.1, -0.05) is 28.1 Å². The molecule has 0 aliphatic heterocycles. The van der Waals surface area contributed by atoms with Crippen molar-refractivity contribution in [3.8, 4) is 0 Å². The third kappa shape index (κ3) is 3.35. The first-order valence-electron chi connectivity index (χ1n) is 6.18. The van der Waals surface area contributed by atoms with Gasteiger partial charge in [0.15, 0.2) is 0 Å². The van der Waals surface area contributed by atoms with Crippen LogP contribution in [0.25, 0.3) is 0 Å². The normalized spacial score (nSPS) is 12.6. The number of aryl methyl sites for hydroxylation is 1. The molecular formula is C13H16BrIN4. The molecule has 1 unspecified atom stereocenters. The maximum absolute atomic E-state index is 4.16. The first kappa shape index (κ1) is 14.9. The Morgan fingerprint density at radius 2 is 2.26 bits per heavy atom. The van der Waals surface area contributed by atoms with E-state index in [-0.39, 0.29) is 6.04 Å². The van der Waals surface area contributed by atoms with E-state index in [0.29, 0.717) is 0 Å². The van der Waals surface area contributed by atoms with Crippen molar-refractivity contribution in [2.45, 2.75) is 25.9 Å². The molecule has 2 rings (SSSR count). The van der Waals surface area contributed by atoms with Crippen LogP contribution in [0.2, 0.25) is 0 Å². The zero-order valence-corrected chi connectivity index (χ0v) is 14.6. The molecule has 0 amide bonds. The number of benzene rings is 1. The van der Waals surface area contributed by atoms with Gasteiger partial charge in [-0.05, 0) is 59.8 Å². The summed E-state index contributed by atoms with van der Waals surface area (Å²) in [6.07, 6.45) is 2.89. The van der Waals surface area contributed by atoms with E-state index in [9.17, 15) is 0 Å². The smallest absolute Gasteiger partial charge is 0.0802 e. The van der Waals surface area contributed by atoms with E-state index in [1.165, 1.54) is 9.13 Å². The van der Waals surface area contributed by atoms with Crippen LogP contribution >= 0.6 is 38.5 Å². The van der Waals surface area contributed by atoms with Crippen LogP contribution in [0.5, 0.6) is 0 Å². The predicted octanol–water partition coefficient (Wildman–Crippen LogP) is 3.36. The summed E-state index contributed by atoms with van der Waals surface area (Å²) in [5, 5.41) is 11.6. The Morgan fingerprint density at radius 1 is 1.47 bits per heavy atom. The van der Waals surface area contributed by atoms with Gasteiger partial charge in [-0.3, -0.25) is 0 Å². The second-order valence-corrected chi connectivity index (χ2v) is 6.35. The van der Waals surface area contributed by atoms with E-state index >= 15 is 0 Å². The Morgan fingerprint density at radius 3 is 2.95 bits per heavy atom. The molecule has 0 bridgehead atoms. The first-order chi connectivity index (χ1) is 9.17. The lowest BCUT2D eigenvalue weighted by Gasteiger charge is -2.19. The van der Waals surface area contributed by atoms with Crippen molar-refractivity contribution >= 4 is 38.5 Å². The topological polar surface area (TPSA) is 42.7 Å². The number of rotatable bonds is 5. The minimum absolute atomic E-state index is 0.103. The highest BCUT2D eigenvalue weighted by molar-refractivity contribution is 14.1. The summed E-state index contributed by atoms with van der Waals surface area (Å²) in [5.41, 5.74) is 2.33. The van der Waals surface area contributed by atoms with Crippen LogP contribution in [0.1, 0.15) is 30.6 Å². The van der Waals surface area contributed by atoms with Gasteiger partial charge in [-0.2, -0.15) is 0 Å². The zero-order valence-electron chi connectivity index (χ0n) is 10.9. The third-order valence-electron chi connectivity index (χ3n) is 2.94. The molecule has 1 heterocycles. The monoisotopic (exact) mass is 434 g/mol. The van der Waals surface area contributed by atoms with Gasteiger partial charge in [-0.15, -0.1) is 5.10 Å². The average Bonchev–Trinajstić information content (AvgIpc) is 2.83. The molecule has 19 heavy (non-hydrogen) atoms. The summed E-state index contributed by atoms with van der Waals surface area (Å²) >= 11 is 5.90. The minimum Gasteiger partial charge on any atom is -0.308 e. The number of halogens is 2. The maximum Gasteiger partial charge on any atom is 0.0802 e. The summed E-state index contributed by atoms with van der Waals surface area (Å²) in [4.78, 5) is 0. The highest BCUT2D eigenvalue weighted by atomic mass is 127. The molecule has 1 aromatic carbocycles. The van der Waals surface area contributed by atoms with Gasteiger partial charge < -0.3 is 5.32 Å². The van der Waals surface area contributed by atoms with Gasteiger partial charge in [0.25, 0.3) is 0 Å². The standard InChI is InChI=1S/C13H16BrIN4/c1-3-6-19-12(8-17-18-19)13(16-2)10-7-9(14)4-5-11(10)15/h4-5,7-8,13,16H,3,6H2,1-2H3. The molecular weight excluding hydrogens is 419 g/mol. The van der Waals surface area contributed by atoms with Crippen molar-refractivity contribution in [1.29, 1.82) is 0 Å².